The van der Waals surface area contributed by atoms with Gasteiger partial charge in [0.05, 0.1) is 10.6 Å². The van der Waals surface area contributed by atoms with Crippen molar-refractivity contribution >= 4 is 15.7 Å². The maximum Gasteiger partial charge on any atom is 0.264 e. The first-order valence-electron chi connectivity index (χ1n) is 5.31. The zero-order valence-corrected chi connectivity index (χ0v) is 10.6. The molecule has 3 nitrogen and oxygen atoms in total. The molecular formula is C13H12FNO2S. The van der Waals surface area contributed by atoms with Gasteiger partial charge in [-0.3, -0.25) is 4.31 Å². The van der Waals surface area contributed by atoms with Crippen LogP contribution in [0, 0.1) is 5.82 Å². The number of para-hydroxylation sites is 1. The first kappa shape index (κ1) is 12.6. The molecule has 0 aliphatic rings. The fourth-order valence-corrected chi connectivity index (χ4v) is 2.79. The van der Waals surface area contributed by atoms with Crippen molar-refractivity contribution in [2.45, 2.75) is 4.90 Å². The van der Waals surface area contributed by atoms with Gasteiger partial charge in [-0.15, -0.1) is 0 Å². The van der Waals surface area contributed by atoms with Crippen molar-refractivity contribution in [3.63, 3.8) is 0 Å². The van der Waals surface area contributed by atoms with Crippen LogP contribution in [-0.4, -0.2) is 15.5 Å². The quantitative estimate of drug-likeness (QED) is 0.855. The van der Waals surface area contributed by atoms with Crippen LogP contribution in [0.3, 0.4) is 0 Å². The Morgan fingerprint density at radius 1 is 1.00 bits per heavy atom. The zero-order valence-electron chi connectivity index (χ0n) is 9.75. The first-order valence-corrected chi connectivity index (χ1v) is 6.75. The third-order valence-electron chi connectivity index (χ3n) is 2.57. The minimum absolute atomic E-state index is 0.0612. The standard InChI is InChI=1S/C13H12FNO2S/c1-15(12-7-3-2-4-8-12)18(16,17)13-9-5-6-11(14)10-13/h2-10H,1H3. The highest BCUT2D eigenvalue weighted by Crippen LogP contribution is 2.21. The monoisotopic (exact) mass is 265 g/mol. The van der Waals surface area contributed by atoms with E-state index >= 15 is 0 Å². The maximum absolute atomic E-state index is 13.1. The fourth-order valence-electron chi connectivity index (χ4n) is 1.56. The molecule has 0 fully saturated rings. The van der Waals surface area contributed by atoms with Gasteiger partial charge in [0.2, 0.25) is 0 Å². The molecule has 2 aromatic rings. The van der Waals surface area contributed by atoms with Crippen LogP contribution in [0.2, 0.25) is 0 Å². The summed E-state index contributed by atoms with van der Waals surface area (Å²) in [7, 11) is -2.28. The third-order valence-corrected chi connectivity index (χ3v) is 4.36. The number of hydrogen-bond acceptors (Lipinski definition) is 2. The third kappa shape index (κ3) is 2.36. The molecule has 5 heteroatoms. The molecule has 0 aromatic heterocycles. The summed E-state index contributed by atoms with van der Waals surface area (Å²) in [4.78, 5) is -0.0612. The Morgan fingerprint density at radius 2 is 1.67 bits per heavy atom. The van der Waals surface area contributed by atoms with Crippen LogP contribution in [0.15, 0.2) is 59.5 Å². The Bertz CT molecular complexity index is 641. The highest BCUT2D eigenvalue weighted by molar-refractivity contribution is 7.92. The van der Waals surface area contributed by atoms with Gasteiger partial charge in [-0.2, -0.15) is 0 Å². The van der Waals surface area contributed by atoms with Crippen LogP contribution < -0.4 is 4.31 Å². The highest BCUT2D eigenvalue weighted by atomic mass is 32.2. The van der Waals surface area contributed by atoms with Crippen molar-refractivity contribution in [2.75, 3.05) is 11.4 Å². The molecule has 0 unspecified atom stereocenters. The molecule has 2 rings (SSSR count). The van der Waals surface area contributed by atoms with Crippen molar-refractivity contribution in [1.29, 1.82) is 0 Å². The van der Waals surface area contributed by atoms with Gasteiger partial charge in [0.1, 0.15) is 5.82 Å². The van der Waals surface area contributed by atoms with E-state index < -0.39 is 15.8 Å². The van der Waals surface area contributed by atoms with Gasteiger partial charge in [0.25, 0.3) is 10.0 Å². The fraction of sp³-hybridized carbons (Fsp3) is 0.0769. The number of benzene rings is 2. The topological polar surface area (TPSA) is 37.4 Å². The number of anilines is 1. The molecule has 0 saturated carbocycles. The summed E-state index contributed by atoms with van der Waals surface area (Å²) < 4.78 is 38.7. The maximum atomic E-state index is 13.1. The molecule has 94 valence electrons. The van der Waals surface area contributed by atoms with E-state index in [0.717, 1.165) is 10.4 Å². The van der Waals surface area contributed by atoms with Gasteiger partial charge in [0.15, 0.2) is 0 Å². The van der Waals surface area contributed by atoms with Gasteiger partial charge in [-0.05, 0) is 30.3 Å². The average Bonchev–Trinajstić information content (AvgIpc) is 2.39. The molecule has 0 radical (unpaired) electrons. The molecule has 0 aliphatic heterocycles. The number of rotatable bonds is 3. The lowest BCUT2D eigenvalue weighted by molar-refractivity contribution is 0.589. The van der Waals surface area contributed by atoms with Crippen molar-refractivity contribution in [1.82, 2.24) is 0 Å². The highest BCUT2D eigenvalue weighted by Gasteiger charge is 2.21. The average molecular weight is 265 g/mol. The Hall–Kier alpha value is -1.88. The van der Waals surface area contributed by atoms with E-state index in [4.69, 9.17) is 0 Å². The van der Waals surface area contributed by atoms with E-state index in [0.29, 0.717) is 5.69 Å². The summed E-state index contributed by atoms with van der Waals surface area (Å²) in [5.41, 5.74) is 0.529. The second-order valence-corrected chi connectivity index (χ2v) is 5.73. The molecular weight excluding hydrogens is 253 g/mol. The largest absolute Gasteiger partial charge is 0.269 e. The van der Waals surface area contributed by atoms with Gasteiger partial charge in [-0.1, -0.05) is 24.3 Å². The van der Waals surface area contributed by atoms with Crippen LogP contribution in [0.1, 0.15) is 0 Å². The summed E-state index contributed by atoms with van der Waals surface area (Å²) in [6.45, 7) is 0. The normalized spacial score (nSPS) is 11.2. The summed E-state index contributed by atoms with van der Waals surface area (Å²) in [6, 6.07) is 13.6. The van der Waals surface area contributed by atoms with Crippen LogP contribution in [0.4, 0.5) is 10.1 Å². The van der Waals surface area contributed by atoms with E-state index in [1.165, 1.54) is 25.2 Å². The molecule has 0 saturated heterocycles. The van der Waals surface area contributed by atoms with Crippen LogP contribution >= 0.6 is 0 Å². The summed E-state index contributed by atoms with van der Waals surface area (Å²) in [6.07, 6.45) is 0. The smallest absolute Gasteiger partial charge is 0.264 e. The Balaban J connectivity index is 2.44. The van der Waals surface area contributed by atoms with Crippen molar-refractivity contribution in [2.24, 2.45) is 0 Å². The molecule has 0 bridgehead atoms. The molecule has 18 heavy (non-hydrogen) atoms. The van der Waals surface area contributed by atoms with Crippen LogP contribution in [0.5, 0.6) is 0 Å². The van der Waals surface area contributed by atoms with Gasteiger partial charge < -0.3 is 0 Å². The van der Waals surface area contributed by atoms with Gasteiger partial charge in [0, 0.05) is 7.05 Å². The minimum atomic E-state index is -3.72. The predicted octanol–water partition coefficient (Wildman–Crippen LogP) is 2.65. The van der Waals surface area contributed by atoms with Crippen molar-refractivity contribution < 1.29 is 12.8 Å². The van der Waals surface area contributed by atoms with Crippen molar-refractivity contribution in [3.05, 3.63) is 60.4 Å². The first-order chi connectivity index (χ1) is 8.51. The van der Waals surface area contributed by atoms with E-state index in [-0.39, 0.29) is 4.90 Å². The second-order valence-electron chi connectivity index (χ2n) is 3.77. The molecule has 0 N–H and O–H groups in total. The number of hydrogen-bond donors (Lipinski definition) is 0. The molecule has 0 aliphatic carbocycles. The Kier molecular flexibility index (Phi) is 3.34. The van der Waals surface area contributed by atoms with E-state index in [2.05, 4.69) is 0 Å². The molecule has 0 atom stereocenters. The van der Waals surface area contributed by atoms with Crippen LogP contribution in [0.25, 0.3) is 0 Å². The molecule has 0 amide bonds. The second kappa shape index (κ2) is 4.78. The summed E-state index contributed by atoms with van der Waals surface area (Å²) >= 11 is 0. The van der Waals surface area contributed by atoms with E-state index in [1.807, 2.05) is 0 Å². The van der Waals surface area contributed by atoms with Gasteiger partial charge in [-0.25, -0.2) is 12.8 Å². The molecule has 0 spiro atoms. The number of sulfonamides is 1. The number of nitrogens with zero attached hydrogens (tertiary/aromatic N) is 1. The minimum Gasteiger partial charge on any atom is -0.269 e. The van der Waals surface area contributed by atoms with E-state index in [1.54, 1.807) is 30.3 Å². The Morgan fingerprint density at radius 3 is 2.28 bits per heavy atom. The lowest BCUT2D eigenvalue weighted by Gasteiger charge is -2.19. The SMILES string of the molecule is CN(c1ccccc1)S(=O)(=O)c1cccc(F)c1. The van der Waals surface area contributed by atoms with E-state index in [9.17, 15) is 12.8 Å². The summed E-state index contributed by atoms with van der Waals surface area (Å²) in [5.74, 6) is -0.572. The lowest BCUT2D eigenvalue weighted by Crippen LogP contribution is -2.26. The van der Waals surface area contributed by atoms with Crippen molar-refractivity contribution in [3.8, 4) is 0 Å². The lowest BCUT2D eigenvalue weighted by atomic mass is 10.3. The summed E-state index contributed by atoms with van der Waals surface area (Å²) in [5, 5.41) is 0. The number of halogens is 1. The van der Waals surface area contributed by atoms with Crippen LogP contribution in [-0.2, 0) is 10.0 Å². The predicted molar refractivity (Wildman–Crippen MR) is 68.4 cm³/mol. The molecule has 2 aromatic carbocycles. The molecule has 0 heterocycles. The zero-order chi connectivity index (χ0) is 13.2. The Labute approximate surface area is 106 Å². The van der Waals surface area contributed by atoms with Gasteiger partial charge >= 0.3 is 0 Å².